The van der Waals surface area contributed by atoms with Gasteiger partial charge in [-0.3, -0.25) is 4.52 Å². The van der Waals surface area contributed by atoms with E-state index < -0.39 is 45.1 Å². The molecule has 0 aromatic rings. The largest absolute Gasteiger partial charge is 0.472 e. The molecule has 0 saturated carbocycles. The molecule has 0 unspecified atom stereocenters. The Bertz CT molecular complexity index is 283. The number of ether oxygens (including phenoxy) is 1. The van der Waals surface area contributed by atoms with Crippen LogP contribution in [0.25, 0.3) is 0 Å². The summed E-state index contributed by atoms with van der Waals surface area (Å²) in [4.78, 5) is 17.0. The van der Waals surface area contributed by atoms with Gasteiger partial charge in [-0.1, -0.05) is 0 Å². The predicted octanol–water partition coefficient (Wildman–Crippen LogP) is -5.58. The number of phosphoric acid groups is 1. The molecule has 12 nitrogen and oxygen atoms in total. The van der Waals surface area contributed by atoms with Crippen molar-refractivity contribution < 1.29 is 79.0 Å². The third-order valence-electron chi connectivity index (χ3n) is 2.09. The van der Waals surface area contributed by atoms with E-state index in [-0.39, 0.29) is 35.0 Å². The summed E-state index contributed by atoms with van der Waals surface area (Å²) in [5.74, 6) is 0. The second-order valence-electron chi connectivity index (χ2n) is 3.29. The van der Waals surface area contributed by atoms with E-state index in [1.165, 1.54) is 0 Å². The van der Waals surface area contributed by atoms with E-state index in [0.29, 0.717) is 0 Å². The first-order chi connectivity index (χ1) is 7.26. The third kappa shape index (κ3) is 7.40. The van der Waals surface area contributed by atoms with Gasteiger partial charge in [0.25, 0.3) is 0 Å². The first-order valence-corrected chi connectivity index (χ1v) is 5.83. The van der Waals surface area contributed by atoms with Gasteiger partial charge in [-0.15, -0.1) is 0 Å². The third-order valence-corrected chi connectivity index (χ3v) is 2.57. The van der Waals surface area contributed by atoms with Crippen LogP contribution in [0.15, 0.2) is 0 Å². The molecule has 1 rings (SSSR count). The minimum absolute atomic E-state index is 0. The van der Waals surface area contributed by atoms with Crippen LogP contribution in [0.5, 0.6) is 0 Å². The van der Waals surface area contributed by atoms with Crippen LogP contribution < -0.4 is 0 Å². The van der Waals surface area contributed by atoms with E-state index in [9.17, 15) is 19.9 Å². The van der Waals surface area contributed by atoms with Crippen LogP contribution in [-0.2, 0) is 32.4 Å². The van der Waals surface area contributed by atoms with Crippen LogP contribution >= 0.6 is 7.82 Å². The maximum atomic E-state index is 10.5. The molecule has 0 aromatic heterocycles. The number of aliphatic hydroxyl groups excluding tert-OH is 4. The first-order valence-electron chi connectivity index (χ1n) is 4.30. The Morgan fingerprint density at radius 1 is 1.00 bits per heavy atom. The molecule has 1 radical (unpaired) electrons. The maximum Gasteiger partial charge on any atom is 0.472 e. The van der Waals surface area contributed by atoms with E-state index in [0.717, 1.165) is 0 Å². The first kappa shape index (κ1) is 28.5. The summed E-state index contributed by atoms with van der Waals surface area (Å²) in [6.07, 6.45) is -8.25. The molecule has 5 atom stereocenters. The van der Waals surface area contributed by atoms with Crippen molar-refractivity contribution in [3.05, 3.63) is 0 Å². The summed E-state index contributed by atoms with van der Waals surface area (Å²) in [6, 6.07) is 0. The van der Waals surface area contributed by atoms with Crippen molar-refractivity contribution >= 4 is 7.82 Å². The predicted molar refractivity (Wildman–Crippen MR) is 57.7 cm³/mol. The zero-order valence-corrected chi connectivity index (χ0v) is 12.2. The summed E-state index contributed by atoms with van der Waals surface area (Å²) in [7, 11) is -4.91. The van der Waals surface area contributed by atoms with Crippen molar-refractivity contribution in [1.29, 1.82) is 0 Å². The second-order valence-corrected chi connectivity index (χ2v) is 4.49. The summed E-state index contributed by atoms with van der Waals surface area (Å²) in [6.45, 7) is -0.702. The standard InChI is InChI=1S/C6H13O9P.3H2O.V/c7-1-2-3(8)4(9)5(10)6(14-2)15-16(11,12)13;;;;/h2-10H,1H2,(H2,11,12,13);3*1H2;/t2-,3-,4+,5-,6-;;;;/m1..../s1. The Morgan fingerprint density at radius 2 is 1.45 bits per heavy atom. The number of aliphatic hydroxyl groups is 4. The van der Waals surface area contributed by atoms with Gasteiger partial charge < -0.3 is 51.4 Å². The number of rotatable bonds is 3. The maximum absolute atomic E-state index is 10.5. The molecule has 1 aliphatic heterocycles. The molecule has 1 aliphatic rings. The second kappa shape index (κ2) is 11.0. The Balaban J connectivity index is -0.000000320. The van der Waals surface area contributed by atoms with Crippen molar-refractivity contribution in [2.24, 2.45) is 0 Å². The van der Waals surface area contributed by atoms with Crippen LogP contribution in [0.2, 0.25) is 0 Å². The Kier molecular flexibility index (Phi) is 15.7. The van der Waals surface area contributed by atoms with Crippen LogP contribution in [0.3, 0.4) is 0 Å². The van der Waals surface area contributed by atoms with Crippen LogP contribution in [0.1, 0.15) is 0 Å². The molecule has 125 valence electrons. The van der Waals surface area contributed by atoms with Gasteiger partial charge in [0.15, 0.2) is 6.29 Å². The molecular weight excluding hydrogens is 346 g/mol. The van der Waals surface area contributed by atoms with Crippen LogP contribution in [-0.4, -0.2) is 84.0 Å². The number of hydrogen-bond acceptors (Lipinski definition) is 7. The zero-order valence-electron chi connectivity index (χ0n) is 9.90. The van der Waals surface area contributed by atoms with Crippen molar-refractivity contribution in [3.63, 3.8) is 0 Å². The van der Waals surface area contributed by atoms with Gasteiger partial charge in [-0.25, -0.2) is 4.57 Å². The van der Waals surface area contributed by atoms with Gasteiger partial charge >= 0.3 is 7.82 Å². The van der Waals surface area contributed by atoms with Crippen LogP contribution in [0, 0.1) is 0 Å². The average Bonchev–Trinajstić information content (AvgIpc) is 2.17. The van der Waals surface area contributed by atoms with E-state index in [2.05, 4.69) is 9.26 Å². The normalized spacial score (nSPS) is 32.8. The topological polar surface area (TPSA) is 251 Å². The van der Waals surface area contributed by atoms with Crippen molar-refractivity contribution in [2.45, 2.75) is 30.7 Å². The minimum Gasteiger partial charge on any atom is -0.412 e. The molecule has 20 heavy (non-hydrogen) atoms. The van der Waals surface area contributed by atoms with Gasteiger partial charge in [-0.2, -0.15) is 0 Å². The van der Waals surface area contributed by atoms with Gasteiger partial charge in [0.05, 0.1) is 6.61 Å². The smallest absolute Gasteiger partial charge is 0.412 e. The quantitative estimate of drug-likeness (QED) is 0.260. The molecule has 1 saturated heterocycles. The molecule has 12 N–H and O–H groups in total. The van der Waals surface area contributed by atoms with E-state index in [1.807, 2.05) is 0 Å². The van der Waals surface area contributed by atoms with E-state index in [4.69, 9.17) is 14.9 Å². The molecular formula is C6H19O12PV. The van der Waals surface area contributed by atoms with Gasteiger partial charge in [0, 0.05) is 18.6 Å². The fourth-order valence-corrected chi connectivity index (χ4v) is 1.73. The summed E-state index contributed by atoms with van der Waals surface area (Å²) < 4.78 is 19.2. The summed E-state index contributed by atoms with van der Waals surface area (Å²) >= 11 is 0. The van der Waals surface area contributed by atoms with Crippen LogP contribution in [0.4, 0.5) is 0 Å². The molecule has 0 spiro atoms. The van der Waals surface area contributed by atoms with Gasteiger partial charge in [0.1, 0.15) is 24.4 Å². The molecule has 0 aliphatic carbocycles. The van der Waals surface area contributed by atoms with Crippen molar-refractivity contribution in [1.82, 2.24) is 0 Å². The van der Waals surface area contributed by atoms with E-state index in [1.54, 1.807) is 0 Å². The summed E-state index contributed by atoms with van der Waals surface area (Å²) in [5, 5.41) is 36.6. The Morgan fingerprint density at radius 3 is 1.80 bits per heavy atom. The molecule has 0 aromatic carbocycles. The monoisotopic (exact) mass is 365 g/mol. The fraction of sp³-hybridized carbons (Fsp3) is 1.00. The Hall–Kier alpha value is 0.374. The summed E-state index contributed by atoms with van der Waals surface area (Å²) in [5.41, 5.74) is 0. The number of hydrogen-bond donors (Lipinski definition) is 6. The zero-order chi connectivity index (χ0) is 12.5. The molecule has 0 amide bonds. The molecule has 1 fully saturated rings. The molecule has 1 heterocycles. The van der Waals surface area contributed by atoms with Crippen molar-refractivity contribution in [2.75, 3.05) is 6.61 Å². The minimum atomic E-state index is -4.91. The molecule has 14 heteroatoms. The van der Waals surface area contributed by atoms with E-state index >= 15 is 0 Å². The van der Waals surface area contributed by atoms with Crippen molar-refractivity contribution in [3.8, 4) is 0 Å². The van der Waals surface area contributed by atoms with Gasteiger partial charge in [-0.05, 0) is 0 Å². The number of phosphoric ester groups is 1. The Labute approximate surface area is 125 Å². The van der Waals surface area contributed by atoms with Gasteiger partial charge in [0.2, 0.25) is 0 Å². The average molecular weight is 365 g/mol. The SMILES string of the molecule is O.O.O.O=P(O)(O)O[C@H]1O[C@H](CO)[C@@H](O)[C@H](O)[C@H]1O.[V]. The fourth-order valence-electron chi connectivity index (χ4n) is 1.29. The molecule has 0 bridgehead atoms.